The number of nitrogens with zero attached hydrogens (tertiary/aromatic N) is 1. The molecule has 0 fully saturated rings. The van der Waals surface area contributed by atoms with Gasteiger partial charge in [0.05, 0.1) is 30.5 Å². The molecule has 4 rings (SSSR count). The van der Waals surface area contributed by atoms with Crippen LogP contribution in [0.2, 0.25) is 0 Å². The van der Waals surface area contributed by atoms with Crippen LogP contribution < -0.4 is 10.6 Å². The zero-order valence-corrected chi connectivity index (χ0v) is 22.6. The van der Waals surface area contributed by atoms with Gasteiger partial charge in [-0.1, -0.05) is 60.7 Å². The molecule has 0 radical (unpaired) electrons. The Bertz CT molecular complexity index is 1290. The summed E-state index contributed by atoms with van der Waals surface area (Å²) in [5.74, 6) is -0.914. The molecule has 2 aromatic carbocycles. The number of hydrogen-bond acceptors (Lipinski definition) is 8. The molecule has 1 aliphatic rings. The number of carbonyl (C=O) groups is 2. The van der Waals surface area contributed by atoms with Crippen LogP contribution in [0.15, 0.2) is 71.9 Å². The van der Waals surface area contributed by atoms with Gasteiger partial charge in [-0.15, -0.1) is 11.3 Å². The summed E-state index contributed by atoms with van der Waals surface area (Å²) in [6.45, 7) is 9.75. The number of aryl methyl sites for hydroxylation is 1. The van der Waals surface area contributed by atoms with E-state index in [-0.39, 0.29) is 13.2 Å². The molecule has 0 spiro atoms. The Balaban J connectivity index is 1.92. The van der Waals surface area contributed by atoms with Crippen LogP contribution in [0, 0.1) is 6.92 Å². The van der Waals surface area contributed by atoms with Crippen molar-refractivity contribution in [1.82, 2.24) is 10.3 Å². The fourth-order valence-electron chi connectivity index (χ4n) is 5.12. The maximum absolute atomic E-state index is 14.0. The number of hydrogen-bond donors (Lipinski definition) is 2. The molecule has 3 unspecified atom stereocenters. The molecule has 0 amide bonds. The predicted octanol–water partition coefficient (Wildman–Crippen LogP) is 5.23. The number of thiazole rings is 1. The van der Waals surface area contributed by atoms with Gasteiger partial charge in [-0.3, -0.25) is 4.79 Å². The average Bonchev–Trinajstić information content (AvgIpc) is 3.25. The average molecular weight is 520 g/mol. The van der Waals surface area contributed by atoms with E-state index < -0.39 is 29.4 Å². The Morgan fingerprint density at radius 1 is 1.00 bits per heavy atom. The lowest BCUT2D eigenvalue weighted by molar-refractivity contribution is -0.152. The predicted molar refractivity (Wildman–Crippen MR) is 146 cm³/mol. The number of rotatable bonds is 8. The van der Waals surface area contributed by atoms with Gasteiger partial charge >= 0.3 is 11.9 Å². The van der Waals surface area contributed by atoms with Gasteiger partial charge in [0.15, 0.2) is 5.13 Å². The van der Waals surface area contributed by atoms with Crippen molar-refractivity contribution in [3.05, 3.63) is 82.4 Å². The van der Waals surface area contributed by atoms with Crippen molar-refractivity contribution in [1.29, 1.82) is 0 Å². The second-order valence-electron chi connectivity index (χ2n) is 8.95. The van der Waals surface area contributed by atoms with Crippen LogP contribution in [0.25, 0.3) is 11.3 Å². The van der Waals surface area contributed by atoms with Crippen LogP contribution in [-0.2, 0) is 24.5 Å². The molecule has 7 nitrogen and oxygen atoms in total. The number of benzene rings is 2. The molecule has 1 aromatic heterocycles. The van der Waals surface area contributed by atoms with E-state index >= 15 is 0 Å². The Labute approximate surface area is 221 Å². The Morgan fingerprint density at radius 3 is 2.24 bits per heavy atom. The lowest BCUT2D eigenvalue weighted by atomic mass is 9.64. The lowest BCUT2D eigenvalue weighted by Crippen LogP contribution is -2.66. The molecule has 3 atom stereocenters. The molecule has 0 saturated heterocycles. The minimum absolute atomic E-state index is 0.207. The van der Waals surface area contributed by atoms with Crippen molar-refractivity contribution >= 4 is 28.4 Å². The smallest absolute Gasteiger partial charge is 0.337 e. The van der Waals surface area contributed by atoms with Crippen LogP contribution in [0.5, 0.6) is 0 Å². The number of allylic oxidation sites excluding steroid dienone is 1. The van der Waals surface area contributed by atoms with E-state index in [2.05, 4.69) is 10.6 Å². The molecular weight excluding hydrogens is 486 g/mol. The summed E-state index contributed by atoms with van der Waals surface area (Å²) in [7, 11) is 0. The summed E-state index contributed by atoms with van der Waals surface area (Å²) in [6, 6.07) is 18.2. The quantitative estimate of drug-likeness (QED) is 0.394. The second kappa shape index (κ2) is 11.2. The van der Waals surface area contributed by atoms with Crippen molar-refractivity contribution in [2.24, 2.45) is 0 Å². The van der Waals surface area contributed by atoms with Gasteiger partial charge < -0.3 is 20.1 Å². The summed E-state index contributed by atoms with van der Waals surface area (Å²) in [4.78, 5) is 33.3. The van der Waals surface area contributed by atoms with E-state index in [1.54, 1.807) is 13.8 Å². The summed E-state index contributed by atoms with van der Waals surface area (Å²) in [5.41, 5.74) is 2.32. The number of nitrogens with one attached hydrogen (secondary N) is 2. The number of aromatic nitrogens is 1. The third-order valence-electron chi connectivity index (χ3n) is 6.74. The minimum Gasteiger partial charge on any atom is -0.465 e. The zero-order chi connectivity index (χ0) is 26.6. The largest absolute Gasteiger partial charge is 0.465 e. The van der Waals surface area contributed by atoms with Gasteiger partial charge in [-0.25, -0.2) is 9.78 Å². The Morgan fingerprint density at radius 2 is 1.62 bits per heavy atom. The van der Waals surface area contributed by atoms with Crippen molar-refractivity contribution in [2.45, 2.75) is 52.1 Å². The van der Waals surface area contributed by atoms with E-state index in [0.717, 1.165) is 21.7 Å². The molecule has 0 bridgehead atoms. The maximum Gasteiger partial charge on any atom is 0.337 e. The van der Waals surface area contributed by atoms with Crippen LogP contribution in [0.3, 0.4) is 0 Å². The topological polar surface area (TPSA) is 89.5 Å². The highest BCUT2D eigenvalue weighted by atomic mass is 32.1. The first-order valence-corrected chi connectivity index (χ1v) is 13.3. The standard InChI is InChI=1S/C29H33N3O4S/c1-6-35-26(33)23-18(3)30-20(5)29(27(34)36-7-2,22-16-12-9-13-17-22)25(23)32-28-31-24(19(4)37-28)21-14-10-8-11-15-21/h8-17,20,25,30H,6-7H2,1-5H3,(H,31,32). The van der Waals surface area contributed by atoms with E-state index in [1.165, 1.54) is 11.3 Å². The molecule has 194 valence electrons. The first-order chi connectivity index (χ1) is 17.8. The highest BCUT2D eigenvalue weighted by molar-refractivity contribution is 7.16. The minimum atomic E-state index is -1.27. The molecule has 3 aromatic rings. The van der Waals surface area contributed by atoms with Gasteiger partial charge in [0.2, 0.25) is 0 Å². The number of ether oxygens (including phenoxy) is 2. The third kappa shape index (κ3) is 4.85. The highest BCUT2D eigenvalue weighted by Crippen LogP contribution is 2.43. The molecule has 1 aliphatic heterocycles. The number of carbonyl (C=O) groups excluding carboxylic acids is 2. The monoisotopic (exact) mass is 519 g/mol. The molecular formula is C29H33N3O4S. The number of esters is 2. The summed E-state index contributed by atoms with van der Waals surface area (Å²) in [5, 5.41) is 7.48. The molecule has 37 heavy (non-hydrogen) atoms. The molecule has 2 N–H and O–H groups in total. The van der Waals surface area contributed by atoms with E-state index in [4.69, 9.17) is 14.5 Å². The van der Waals surface area contributed by atoms with Gasteiger partial charge in [0.25, 0.3) is 0 Å². The lowest BCUT2D eigenvalue weighted by Gasteiger charge is -2.48. The first kappa shape index (κ1) is 26.4. The second-order valence-corrected chi connectivity index (χ2v) is 10.2. The Hall–Kier alpha value is -3.65. The Kier molecular flexibility index (Phi) is 7.97. The normalized spacial score (nSPS) is 21.2. The molecule has 0 aliphatic carbocycles. The first-order valence-electron chi connectivity index (χ1n) is 12.5. The van der Waals surface area contributed by atoms with Crippen LogP contribution >= 0.6 is 11.3 Å². The van der Waals surface area contributed by atoms with Crippen LogP contribution in [0.1, 0.15) is 38.1 Å². The van der Waals surface area contributed by atoms with Gasteiger partial charge in [0, 0.05) is 22.2 Å². The van der Waals surface area contributed by atoms with Crippen LogP contribution in [0.4, 0.5) is 5.13 Å². The molecule has 2 heterocycles. The molecule has 0 saturated carbocycles. The fraction of sp³-hybridized carbons (Fsp3) is 0.345. The number of anilines is 1. The van der Waals surface area contributed by atoms with Crippen molar-refractivity contribution in [3.8, 4) is 11.3 Å². The van der Waals surface area contributed by atoms with E-state index in [9.17, 15) is 9.59 Å². The van der Waals surface area contributed by atoms with Crippen molar-refractivity contribution in [2.75, 3.05) is 18.5 Å². The fourth-order valence-corrected chi connectivity index (χ4v) is 5.98. The zero-order valence-electron chi connectivity index (χ0n) is 21.8. The van der Waals surface area contributed by atoms with E-state index in [0.29, 0.717) is 16.4 Å². The van der Waals surface area contributed by atoms with E-state index in [1.807, 2.05) is 81.4 Å². The van der Waals surface area contributed by atoms with Gasteiger partial charge in [0.1, 0.15) is 5.41 Å². The molecule has 8 heteroatoms. The summed E-state index contributed by atoms with van der Waals surface area (Å²) < 4.78 is 11.2. The third-order valence-corrected chi connectivity index (χ3v) is 7.64. The van der Waals surface area contributed by atoms with Gasteiger partial charge in [-0.2, -0.15) is 0 Å². The van der Waals surface area contributed by atoms with Crippen LogP contribution in [-0.4, -0.2) is 42.2 Å². The van der Waals surface area contributed by atoms with Crippen molar-refractivity contribution in [3.63, 3.8) is 0 Å². The highest BCUT2D eigenvalue weighted by Gasteiger charge is 2.58. The summed E-state index contributed by atoms with van der Waals surface area (Å²) in [6.07, 6.45) is 0. The van der Waals surface area contributed by atoms with Gasteiger partial charge in [-0.05, 0) is 40.2 Å². The maximum atomic E-state index is 14.0. The summed E-state index contributed by atoms with van der Waals surface area (Å²) >= 11 is 1.48. The SMILES string of the molecule is CCOC(=O)C1=C(C)NC(C)C(C(=O)OCC)(c2ccccc2)C1Nc1nc(-c2ccccc2)c(C)s1. The van der Waals surface area contributed by atoms with Crippen molar-refractivity contribution < 1.29 is 19.1 Å².